The third-order valence-electron chi connectivity index (χ3n) is 4.93. The first-order valence-electron chi connectivity index (χ1n) is 7.86. The van der Waals surface area contributed by atoms with Crippen LogP contribution in [0.15, 0.2) is 0 Å². The molecule has 0 saturated carbocycles. The van der Waals surface area contributed by atoms with Crippen molar-refractivity contribution in [3.8, 4) is 11.5 Å². The molecule has 1 fully saturated rings. The first-order chi connectivity index (χ1) is 10.1. The van der Waals surface area contributed by atoms with Gasteiger partial charge in [-0.1, -0.05) is 0 Å². The molecule has 2 aliphatic rings. The summed E-state index contributed by atoms with van der Waals surface area (Å²) in [5, 5.41) is 10.2. The fourth-order valence-electron chi connectivity index (χ4n) is 3.32. The molecule has 4 nitrogen and oxygen atoms in total. The highest BCUT2D eigenvalue weighted by Crippen LogP contribution is 2.42. The second-order valence-electron chi connectivity index (χ2n) is 6.22. The van der Waals surface area contributed by atoms with Crippen molar-refractivity contribution in [2.75, 3.05) is 32.8 Å². The Morgan fingerprint density at radius 1 is 1.09 bits per heavy atom. The fraction of sp³-hybridized carbons (Fsp3) is 0.647. The van der Waals surface area contributed by atoms with Crippen molar-refractivity contribution in [1.29, 1.82) is 0 Å². The zero-order valence-corrected chi connectivity index (χ0v) is 14.5. The highest BCUT2D eigenvalue weighted by Gasteiger charge is 2.29. The third-order valence-corrected chi connectivity index (χ3v) is 4.93. The first-order valence-corrected chi connectivity index (χ1v) is 7.86. The average molecular weight is 328 g/mol. The molecule has 0 amide bonds. The van der Waals surface area contributed by atoms with Crippen molar-refractivity contribution in [2.24, 2.45) is 0 Å². The maximum Gasteiger partial charge on any atom is 0.126 e. The van der Waals surface area contributed by atoms with Gasteiger partial charge in [0, 0.05) is 31.6 Å². The van der Waals surface area contributed by atoms with Crippen LogP contribution >= 0.6 is 12.4 Å². The predicted molar refractivity (Wildman–Crippen MR) is 89.6 cm³/mol. The van der Waals surface area contributed by atoms with E-state index in [1.807, 2.05) is 20.8 Å². The van der Waals surface area contributed by atoms with E-state index in [9.17, 15) is 5.11 Å². The number of fused-ring (bicyclic) bond motifs is 1. The van der Waals surface area contributed by atoms with E-state index in [1.165, 1.54) is 5.56 Å². The molecule has 1 aromatic rings. The second kappa shape index (κ2) is 7.07. The number of rotatable bonds is 3. The van der Waals surface area contributed by atoms with Gasteiger partial charge in [-0.15, -0.1) is 12.4 Å². The molecule has 1 N–H and O–H groups in total. The van der Waals surface area contributed by atoms with Gasteiger partial charge < -0.3 is 14.6 Å². The van der Waals surface area contributed by atoms with Crippen molar-refractivity contribution in [2.45, 2.75) is 39.7 Å². The van der Waals surface area contributed by atoms with Crippen LogP contribution in [0.4, 0.5) is 0 Å². The van der Waals surface area contributed by atoms with Gasteiger partial charge in [-0.25, -0.2) is 0 Å². The number of phenols is 1. The number of hydrogen-bond donors (Lipinski definition) is 1. The molecule has 3 rings (SSSR count). The van der Waals surface area contributed by atoms with Gasteiger partial charge in [-0.05, 0) is 43.9 Å². The summed E-state index contributed by atoms with van der Waals surface area (Å²) in [4.78, 5) is 2.44. The lowest BCUT2D eigenvalue weighted by Gasteiger charge is -2.27. The Balaban J connectivity index is 0.00000176. The minimum absolute atomic E-state index is 0. The van der Waals surface area contributed by atoms with Gasteiger partial charge >= 0.3 is 0 Å². The number of halogens is 1. The van der Waals surface area contributed by atoms with Gasteiger partial charge in [0.05, 0.1) is 13.2 Å². The number of aromatic hydroxyl groups is 1. The van der Waals surface area contributed by atoms with E-state index in [2.05, 4.69) is 4.90 Å². The smallest absolute Gasteiger partial charge is 0.126 e. The summed E-state index contributed by atoms with van der Waals surface area (Å²) in [5.41, 5.74) is 4.21. The van der Waals surface area contributed by atoms with Crippen LogP contribution in [-0.4, -0.2) is 49.0 Å². The van der Waals surface area contributed by atoms with E-state index in [1.54, 1.807) is 0 Å². The molecule has 1 unspecified atom stereocenters. The Kier molecular flexibility index (Phi) is 5.59. The average Bonchev–Trinajstić information content (AvgIpc) is 2.94. The molecule has 0 aromatic heterocycles. The zero-order chi connectivity index (χ0) is 15.0. The van der Waals surface area contributed by atoms with Crippen molar-refractivity contribution in [1.82, 2.24) is 4.90 Å². The van der Waals surface area contributed by atoms with Crippen LogP contribution in [0.1, 0.15) is 28.7 Å². The Bertz CT molecular complexity index is 504. The van der Waals surface area contributed by atoms with Crippen LogP contribution in [0.25, 0.3) is 0 Å². The molecule has 1 aromatic carbocycles. The monoisotopic (exact) mass is 327 g/mol. The van der Waals surface area contributed by atoms with Crippen LogP contribution in [0, 0.1) is 20.8 Å². The van der Waals surface area contributed by atoms with Crippen LogP contribution in [0.2, 0.25) is 0 Å². The number of morpholine rings is 1. The molecule has 22 heavy (non-hydrogen) atoms. The van der Waals surface area contributed by atoms with Crippen molar-refractivity contribution >= 4 is 12.4 Å². The number of benzene rings is 1. The number of hydrogen-bond acceptors (Lipinski definition) is 4. The minimum atomic E-state index is 0. The predicted octanol–water partition coefficient (Wildman–Crippen LogP) is 2.77. The zero-order valence-electron chi connectivity index (χ0n) is 13.6. The first kappa shape index (κ1) is 17.4. The molecule has 0 bridgehead atoms. The van der Waals surface area contributed by atoms with Crippen molar-refractivity contribution in [3.05, 3.63) is 22.3 Å². The Hall–Kier alpha value is -0.970. The molecular weight excluding hydrogens is 302 g/mol. The molecule has 0 aliphatic carbocycles. The van der Waals surface area contributed by atoms with Gasteiger partial charge in [0.2, 0.25) is 0 Å². The number of phenolic OH excluding ortho intramolecular Hbond substituents is 1. The van der Waals surface area contributed by atoms with Crippen molar-refractivity contribution in [3.63, 3.8) is 0 Å². The molecule has 1 atom stereocenters. The molecule has 2 aliphatic heterocycles. The summed E-state index contributed by atoms with van der Waals surface area (Å²) in [6.45, 7) is 10.8. The number of ether oxygens (including phenoxy) is 2. The summed E-state index contributed by atoms with van der Waals surface area (Å²) >= 11 is 0. The lowest BCUT2D eigenvalue weighted by atomic mass is 9.95. The molecule has 2 heterocycles. The summed E-state index contributed by atoms with van der Waals surface area (Å²) in [6.07, 6.45) is 2.19. The van der Waals surface area contributed by atoms with Gasteiger partial charge in [-0.2, -0.15) is 0 Å². The highest BCUT2D eigenvalue weighted by atomic mass is 35.5. The SMILES string of the molecule is Cc1c(C)c2c(c(C)c1O)CC(CCN1CCOCC1)O2.Cl. The standard InChI is InChI=1S/C17H25NO3.ClH/c1-11-12(2)17-15(13(3)16(11)19)10-14(21-17)4-5-18-6-8-20-9-7-18;/h14,19H,4-10H2,1-3H3;1H. The van der Waals surface area contributed by atoms with E-state index in [4.69, 9.17) is 9.47 Å². The summed E-state index contributed by atoms with van der Waals surface area (Å²) in [7, 11) is 0. The van der Waals surface area contributed by atoms with E-state index in [0.717, 1.165) is 68.1 Å². The summed E-state index contributed by atoms with van der Waals surface area (Å²) in [6, 6.07) is 0. The van der Waals surface area contributed by atoms with Crippen molar-refractivity contribution < 1.29 is 14.6 Å². The Morgan fingerprint density at radius 2 is 1.77 bits per heavy atom. The molecule has 0 spiro atoms. The van der Waals surface area contributed by atoms with E-state index >= 15 is 0 Å². The normalized spacial score (nSPS) is 21.1. The minimum Gasteiger partial charge on any atom is -0.507 e. The third kappa shape index (κ3) is 3.19. The van der Waals surface area contributed by atoms with E-state index < -0.39 is 0 Å². The second-order valence-corrected chi connectivity index (χ2v) is 6.22. The summed E-state index contributed by atoms with van der Waals surface area (Å²) < 4.78 is 11.6. The van der Waals surface area contributed by atoms with Crippen LogP contribution in [0.5, 0.6) is 11.5 Å². The van der Waals surface area contributed by atoms with Crippen LogP contribution in [0.3, 0.4) is 0 Å². The number of nitrogens with zero attached hydrogens (tertiary/aromatic N) is 1. The van der Waals surface area contributed by atoms with Gasteiger partial charge in [0.1, 0.15) is 17.6 Å². The molecular formula is C17H26ClNO3. The highest BCUT2D eigenvalue weighted by molar-refractivity contribution is 5.85. The Labute approximate surface area is 138 Å². The van der Waals surface area contributed by atoms with Gasteiger partial charge in [0.15, 0.2) is 0 Å². The molecule has 0 radical (unpaired) electrons. The van der Waals surface area contributed by atoms with Crippen LogP contribution in [-0.2, 0) is 11.2 Å². The lowest BCUT2D eigenvalue weighted by Crippen LogP contribution is -2.38. The van der Waals surface area contributed by atoms with E-state index in [-0.39, 0.29) is 18.5 Å². The molecule has 1 saturated heterocycles. The fourth-order valence-corrected chi connectivity index (χ4v) is 3.32. The quantitative estimate of drug-likeness (QED) is 0.927. The van der Waals surface area contributed by atoms with Gasteiger partial charge in [-0.3, -0.25) is 4.90 Å². The van der Waals surface area contributed by atoms with Gasteiger partial charge in [0.25, 0.3) is 0 Å². The maximum absolute atomic E-state index is 10.2. The maximum atomic E-state index is 10.2. The van der Waals surface area contributed by atoms with E-state index in [0.29, 0.717) is 5.75 Å². The topological polar surface area (TPSA) is 41.9 Å². The lowest BCUT2D eigenvalue weighted by molar-refractivity contribution is 0.0328. The van der Waals surface area contributed by atoms with Crippen LogP contribution < -0.4 is 4.74 Å². The molecule has 124 valence electrons. The Morgan fingerprint density at radius 3 is 2.45 bits per heavy atom. The summed E-state index contributed by atoms with van der Waals surface area (Å²) in [5.74, 6) is 1.44. The largest absolute Gasteiger partial charge is 0.507 e. The molecule has 5 heteroatoms.